The number of carbonyl (C=O) groups is 3. The fourth-order valence-electron chi connectivity index (χ4n) is 5.37. The third-order valence-electron chi connectivity index (χ3n) is 7.50. The van der Waals surface area contributed by atoms with Crippen LogP contribution in [0.25, 0.3) is 0 Å². The topological polar surface area (TPSA) is 102 Å². The number of carbonyl (C=O) groups excluding carboxylic acids is 3. The van der Waals surface area contributed by atoms with Crippen LogP contribution in [0.15, 0.2) is 0 Å². The van der Waals surface area contributed by atoms with Gasteiger partial charge in [0.2, 0.25) is 0 Å². The van der Waals surface area contributed by atoms with Crippen LogP contribution >= 0.6 is 0 Å². The molecule has 1 spiro atoms. The highest BCUT2D eigenvalue weighted by atomic mass is 16.2. The summed E-state index contributed by atoms with van der Waals surface area (Å²) in [5.41, 5.74) is 1.71. The first kappa shape index (κ1) is 22.8. The minimum atomic E-state index is -0.716. The first-order chi connectivity index (χ1) is 15.4. The molecule has 0 aliphatic carbocycles. The van der Waals surface area contributed by atoms with Crippen molar-refractivity contribution in [3.63, 3.8) is 0 Å². The van der Waals surface area contributed by atoms with E-state index in [0.717, 1.165) is 56.6 Å². The van der Waals surface area contributed by atoms with Crippen LogP contribution in [-0.2, 0) is 11.2 Å². The van der Waals surface area contributed by atoms with E-state index < -0.39 is 5.54 Å². The summed E-state index contributed by atoms with van der Waals surface area (Å²) in [6, 6.07) is -0.253. The zero-order valence-corrected chi connectivity index (χ0v) is 19.6. The number of likely N-dealkylation sites (tertiary alicyclic amines) is 2. The Balaban J connectivity index is 1.31. The number of hydrogen-bond donors (Lipinski definition) is 2. The van der Waals surface area contributed by atoms with E-state index in [9.17, 15) is 14.4 Å². The molecule has 4 heterocycles. The molecule has 0 atom stereocenters. The number of piperidine rings is 2. The van der Waals surface area contributed by atoms with E-state index in [1.54, 1.807) is 0 Å². The second-order valence-electron chi connectivity index (χ2n) is 9.53. The Hall–Kier alpha value is -2.42. The van der Waals surface area contributed by atoms with Gasteiger partial charge in [-0.2, -0.15) is 5.10 Å². The second kappa shape index (κ2) is 9.21. The molecule has 1 aromatic heterocycles. The number of imide groups is 1. The number of H-pyrrole nitrogens is 1. The number of aromatic nitrogens is 2. The van der Waals surface area contributed by atoms with E-state index in [1.807, 2.05) is 18.7 Å². The minimum Gasteiger partial charge on any atom is -0.337 e. The van der Waals surface area contributed by atoms with E-state index in [2.05, 4.69) is 27.3 Å². The Kier molecular flexibility index (Phi) is 6.55. The van der Waals surface area contributed by atoms with Gasteiger partial charge in [-0.1, -0.05) is 13.8 Å². The highest BCUT2D eigenvalue weighted by Gasteiger charge is 2.52. The lowest BCUT2D eigenvalue weighted by Crippen LogP contribution is -2.55. The van der Waals surface area contributed by atoms with E-state index in [-0.39, 0.29) is 23.8 Å². The van der Waals surface area contributed by atoms with Crippen molar-refractivity contribution in [1.29, 1.82) is 0 Å². The molecule has 0 unspecified atom stereocenters. The maximum absolute atomic E-state index is 13.2. The van der Waals surface area contributed by atoms with Gasteiger partial charge in [-0.25, -0.2) is 4.79 Å². The van der Waals surface area contributed by atoms with E-state index in [4.69, 9.17) is 0 Å². The van der Waals surface area contributed by atoms with Gasteiger partial charge in [-0.15, -0.1) is 0 Å². The van der Waals surface area contributed by atoms with Gasteiger partial charge in [-0.3, -0.25) is 19.6 Å². The van der Waals surface area contributed by atoms with Crippen molar-refractivity contribution >= 4 is 17.8 Å². The van der Waals surface area contributed by atoms with Crippen LogP contribution in [0.5, 0.6) is 0 Å². The fraction of sp³-hybridized carbons (Fsp3) is 0.739. The Bertz CT molecular complexity index is 865. The largest absolute Gasteiger partial charge is 0.337 e. The molecule has 3 fully saturated rings. The van der Waals surface area contributed by atoms with Crippen molar-refractivity contribution in [2.75, 3.05) is 39.3 Å². The lowest BCUT2D eigenvalue weighted by Gasteiger charge is -2.37. The molecule has 4 rings (SSSR count). The van der Waals surface area contributed by atoms with Crippen LogP contribution in [-0.4, -0.2) is 87.6 Å². The highest BCUT2D eigenvalue weighted by molar-refractivity contribution is 6.07. The maximum Gasteiger partial charge on any atom is 0.325 e. The third kappa shape index (κ3) is 4.14. The van der Waals surface area contributed by atoms with Gasteiger partial charge in [0, 0.05) is 44.0 Å². The summed E-state index contributed by atoms with van der Waals surface area (Å²) in [5, 5.41) is 10.2. The van der Waals surface area contributed by atoms with Gasteiger partial charge >= 0.3 is 6.03 Å². The normalized spacial score (nSPS) is 22.1. The molecule has 3 saturated heterocycles. The summed E-state index contributed by atoms with van der Waals surface area (Å²) in [5.74, 6) is 0.122. The van der Waals surface area contributed by atoms with E-state index in [1.165, 1.54) is 4.90 Å². The quantitative estimate of drug-likeness (QED) is 0.653. The number of nitrogens with one attached hydrogen (secondary N) is 2. The SMILES string of the molecule is CCCN1CCC2(CC1)NC(=O)N(CC1CCN(C(=O)c3n[nH]c(CC)c3C)CC1)C2=O. The Labute approximate surface area is 189 Å². The standard InChI is InChI=1S/C23H36N6O3/c1-4-10-27-13-8-23(9-14-27)21(31)29(22(32)24-23)15-17-6-11-28(12-7-17)20(30)19-16(3)18(5-2)25-26-19/h17H,4-15H2,1-3H3,(H,24,32)(H,25,26). The molecule has 0 radical (unpaired) electrons. The molecule has 2 N–H and O–H groups in total. The number of aromatic amines is 1. The van der Waals surface area contributed by atoms with Gasteiger partial charge < -0.3 is 15.1 Å². The predicted molar refractivity (Wildman–Crippen MR) is 120 cm³/mol. The number of rotatable bonds is 6. The van der Waals surface area contributed by atoms with Gasteiger partial charge in [0.05, 0.1) is 0 Å². The van der Waals surface area contributed by atoms with Crippen LogP contribution < -0.4 is 5.32 Å². The van der Waals surface area contributed by atoms with Crippen LogP contribution in [0.1, 0.15) is 67.7 Å². The molecule has 0 aromatic carbocycles. The predicted octanol–water partition coefficient (Wildman–Crippen LogP) is 1.93. The van der Waals surface area contributed by atoms with Crippen molar-refractivity contribution in [1.82, 2.24) is 30.2 Å². The average Bonchev–Trinajstić information content (AvgIpc) is 3.28. The van der Waals surface area contributed by atoms with Crippen molar-refractivity contribution in [2.45, 2.75) is 64.8 Å². The van der Waals surface area contributed by atoms with Crippen molar-refractivity contribution in [3.05, 3.63) is 17.0 Å². The van der Waals surface area contributed by atoms with Gasteiger partial charge in [0.1, 0.15) is 5.54 Å². The van der Waals surface area contributed by atoms with Crippen molar-refractivity contribution in [3.8, 4) is 0 Å². The summed E-state index contributed by atoms with van der Waals surface area (Å²) in [4.78, 5) is 44.4. The molecule has 32 heavy (non-hydrogen) atoms. The lowest BCUT2D eigenvalue weighted by atomic mass is 9.87. The molecule has 3 aliphatic rings. The van der Waals surface area contributed by atoms with Crippen LogP contribution in [0.2, 0.25) is 0 Å². The monoisotopic (exact) mass is 444 g/mol. The van der Waals surface area contributed by atoms with Crippen LogP contribution in [0.3, 0.4) is 0 Å². The summed E-state index contributed by atoms with van der Waals surface area (Å²) >= 11 is 0. The van der Waals surface area contributed by atoms with Crippen molar-refractivity contribution in [2.24, 2.45) is 5.92 Å². The Morgan fingerprint density at radius 1 is 1.12 bits per heavy atom. The molecule has 9 nitrogen and oxygen atoms in total. The van der Waals surface area contributed by atoms with E-state index >= 15 is 0 Å². The van der Waals surface area contributed by atoms with Gasteiger partial charge in [0.15, 0.2) is 5.69 Å². The minimum absolute atomic E-state index is 0.0373. The summed E-state index contributed by atoms with van der Waals surface area (Å²) < 4.78 is 0. The molecule has 0 bridgehead atoms. The maximum atomic E-state index is 13.2. The number of urea groups is 1. The number of aryl methyl sites for hydroxylation is 1. The third-order valence-corrected chi connectivity index (χ3v) is 7.50. The van der Waals surface area contributed by atoms with E-state index in [0.29, 0.717) is 38.2 Å². The lowest BCUT2D eigenvalue weighted by molar-refractivity contribution is -0.133. The smallest absolute Gasteiger partial charge is 0.325 e. The zero-order valence-electron chi connectivity index (χ0n) is 19.6. The zero-order chi connectivity index (χ0) is 22.9. The van der Waals surface area contributed by atoms with Gasteiger partial charge in [0.25, 0.3) is 11.8 Å². The first-order valence-corrected chi connectivity index (χ1v) is 12.1. The van der Waals surface area contributed by atoms with Gasteiger partial charge in [-0.05, 0) is 57.9 Å². The number of hydrogen-bond acceptors (Lipinski definition) is 5. The first-order valence-electron chi connectivity index (χ1n) is 12.1. The molecule has 4 amide bonds. The fourth-order valence-corrected chi connectivity index (χ4v) is 5.37. The average molecular weight is 445 g/mol. The number of nitrogens with zero attached hydrogens (tertiary/aromatic N) is 4. The molecular formula is C23H36N6O3. The second-order valence-corrected chi connectivity index (χ2v) is 9.53. The molecule has 3 aliphatic heterocycles. The summed E-state index contributed by atoms with van der Waals surface area (Å²) in [6.07, 6.45) is 4.85. The molecule has 1 aromatic rings. The molecular weight excluding hydrogens is 408 g/mol. The summed E-state index contributed by atoms with van der Waals surface area (Å²) in [6.45, 7) is 10.5. The molecule has 0 saturated carbocycles. The molecule has 9 heteroatoms. The Morgan fingerprint density at radius 3 is 2.41 bits per heavy atom. The summed E-state index contributed by atoms with van der Waals surface area (Å²) in [7, 11) is 0. The number of amides is 4. The van der Waals surface area contributed by atoms with Crippen LogP contribution in [0.4, 0.5) is 4.79 Å². The van der Waals surface area contributed by atoms with Crippen molar-refractivity contribution < 1.29 is 14.4 Å². The Morgan fingerprint density at radius 2 is 1.81 bits per heavy atom. The van der Waals surface area contributed by atoms with Crippen LogP contribution in [0, 0.1) is 12.8 Å². The highest BCUT2D eigenvalue weighted by Crippen LogP contribution is 2.31. The molecule has 176 valence electrons.